The summed E-state index contributed by atoms with van der Waals surface area (Å²) in [6, 6.07) is 5.74. The highest BCUT2D eigenvalue weighted by molar-refractivity contribution is 7.96. The van der Waals surface area contributed by atoms with Crippen LogP contribution in [0.1, 0.15) is 25.3 Å². The molecule has 3 N–H and O–H groups in total. The first-order valence-electron chi connectivity index (χ1n) is 6.32. The number of hydrogen-bond donors (Lipinski definition) is 2. The predicted octanol–water partition coefficient (Wildman–Crippen LogP) is 2.49. The summed E-state index contributed by atoms with van der Waals surface area (Å²) in [5.74, 6) is -1.15. The molecule has 2 rings (SSSR count). The molecule has 0 unspecified atom stereocenters. The van der Waals surface area contributed by atoms with Gasteiger partial charge in [0, 0.05) is 5.56 Å². The zero-order valence-electron chi connectivity index (χ0n) is 11.5. The van der Waals surface area contributed by atoms with E-state index in [1.54, 1.807) is 13.0 Å². The Labute approximate surface area is 124 Å². The molecule has 0 bridgehead atoms. The molecule has 0 amide bonds. The van der Waals surface area contributed by atoms with Gasteiger partial charge < -0.3 is 11.1 Å². The van der Waals surface area contributed by atoms with E-state index in [0.29, 0.717) is 0 Å². The van der Waals surface area contributed by atoms with E-state index in [1.807, 2.05) is 0 Å². The molecular formula is C13H14F4N2O2S. The zero-order valence-corrected chi connectivity index (χ0v) is 12.4. The van der Waals surface area contributed by atoms with Gasteiger partial charge in [0.05, 0.1) is 10.4 Å². The second kappa shape index (κ2) is 5.15. The number of nitrogens with two attached hydrogens (primary N) is 1. The van der Waals surface area contributed by atoms with Crippen molar-refractivity contribution in [1.82, 2.24) is 5.32 Å². The van der Waals surface area contributed by atoms with E-state index in [0.717, 1.165) is 0 Å². The third-order valence-corrected chi connectivity index (χ3v) is 5.34. The molecule has 22 heavy (non-hydrogen) atoms. The van der Waals surface area contributed by atoms with Crippen LogP contribution in [0.2, 0.25) is 0 Å². The number of hydrogen-bond acceptors (Lipinski definition) is 4. The van der Waals surface area contributed by atoms with Crippen molar-refractivity contribution in [2.45, 2.75) is 30.8 Å². The number of alkyl halides is 3. The molecule has 0 radical (unpaired) electrons. The quantitative estimate of drug-likeness (QED) is 0.813. The first-order valence-corrected chi connectivity index (χ1v) is 7.80. The summed E-state index contributed by atoms with van der Waals surface area (Å²) in [5.41, 5.74) is -0.798. The van der Waals surface area contributed by atoms with Crippen LogP contribution in [0.15, 0.2) is 35.0 Å². The van der Waals surface area contributed by atoms with Crippen molar-refractivity contribution in [2.24, 2.45) is 5.73 Å². The Balaban J connectivity index is 2.44. The first-order chi connectivity index (χ1) is 9.99. The van der Waals surface area contributed by atoms with Gasteiger partial charge >= 0.3 is 5.51 Å². The zero-order chi connectivity index (χ0) is 16.8. The van der Waals surface area contributed by atoms with Gasteiger partial charge in [0.15, 0.2) is 0 Å². The number of benzene rings is 1. The summed E-state index contributed by atoms with van der Waals surface area (Å²) in [7, 11) is -5.49. The monoisotopic (exact) mass is 338 g/mol. The van der Waals surface area contributed by atoms with Crippen molar-refractivity contribution in [3.63, 3.8) is 0 Å². The lowest BCUT2D eigenvalue weighted by atomic mass is 9.85. The molecule has 0 aromatic heterocycles. The molecule has 1 aromatic rings. The largest absolute Gasteiger partial charge is 0.501 e. The standard InChI is InChI=1S/C13H14F4N2O2S/c1-12(8-4-2-3-5-9(8)14)7-6-10(11(18)19-12)22(20,21)13(15,16)17/h2-5,19H,6-7,18H2,1H3/t12-/m0/s1. The van der Waals surface area contributed by atoms with Crippen LogP contribution >= 0.6 is 0 Å². The van der Waals surface area contributed by atoms with Crippen LogP contribution in [0, 0.1) is 5.82 Å². The summed E-state index contributed by atoms with van der Waals surface area (Å²) in [6.45, 7) is 1.55. The van der Waals surface area contributed by atoms with Gasteiger partial charge in [-0.3, -0.25) is 0 Å². The minimum absolute atomic E-state index is 0.0424. The molecule has 9 heteroatoms. The molecular weight excluding hydrogens is 324 g/mol. The Kier molecular flexibility index (Phi) is 3.88. The van der Waals surface area contributed by atoms with Crippen LogP contribution in [0.3, 0.4) is 0 Å². The van der Waals surface area contributed by atoms with E-state index < -0.39 is 43.8 Å². The summed E-state index contributed by atoms with van der Waals surface area (Å²) >= 11 is 0. The fourth-order valence-corrected chi connectivity index (χ4v) is 3.45. The third kappa shape index (κ3) is 2.65. The lowest BCUT2D eigenvalue weighted by Gasteiger charge is -2.37. The molecule has 1 aliphatic heterocycles. The van der Waals surface area contributed by atoms with Gasteiger partial charge in [-0.05, 0) is 25.8 Å². The summed E-state index contributed by atoms with van der Waals surface area (Å²) in [4.78, 5) is -0.909. The Morgan fingerprint density at radius 1 is 1.27 bits per heavy atom. The maximum Gasteiger partial charge on any atom is 0.501 e. The Morgan fingerprint density at radius 2 is 1.86 bits per heavy atom. The topological polar surface area (TPSA) is 72.2 Å². The summed E-state index contributed by atoms with van der Waals surface area (Å²) in [6.07, 6.45) is -0.467. The molecule has 1 aromatic carbocycles. The molecule has 122 valence electrons. The van der Waals surface area contributed by atoms with E-state index in [2.05, 4.69) is 5.32 Å². The van der Waals surface area contributed by atoms with E-state index in [4.69, 9.17) is 5.73 Å². The normalized spacial score (nSPS) is 23.3. The Bertz CT molecular complexity index is 728. The molecule has 0 spiro atoms. The average molecular weight is 338 g/mol. The lowest BCUT2D eigenvalue weighted by molar-refractivity contribution is -0.0429. The minimum Gasteiger partial charge on any atom is -0.385 e. The number of nitrogens with one attached hydrogen (secondary N) is 1. The highest BCUT2D eigenvalue weighted by Crippen LogP contribution is 2.39. The smallest absolute Gasteiger partial charge is 0.385 e. The molecule has 1 heterocycles. The van der Waals surface area contributed by atoms with Gasteiger partial charge in [-0.2, -0.15) is 13.2 Å². The predicted molar refractivity (Wildman–Crippen MR) is 72.3 cm³/mol. The SMILES string of the molecule is C[C@@]1(c2ccccc2F)CCC(S(=O)(=O)C(F)(F)F)=C(N)N1. The van der Waals surface area contributed by atoms with E-state index in [1.165, 1.54) is 18.2 Å². The van der Waals surface area contributed by atoms with Crippen LogP contribution in [0.5, 0.6) is 0 Å². The molecule has 0 saturated heterocycles. The van der Waals surface area contributed by atoms with Crippen LogP contribution in [-0.4, -0.2) is 13.9 Å². The first kappa shape index (κ1) is 16.6. The van der Waals surface area contributed by atoms with Crippen molar-refractivity contribution in [1.29, 1.82) is 0 Å². The highest BCUT2D eigenvalue weighted by Gasteiger charge is 2.51. The van der Waals surface area contributed by atoms with E-state index in [9.17, 15) is 26.0 Å². The summed E-state index contributed by atoms with van der Waals surface area (Å²) in [5, 5.41) is 2.52. The average Bonchev–Trinajstić information content (AvgIpc) is 2.37. The van der Waals surface area contributed by atoms with Gasteiger partial charge in [0.2, 0.25) is 0 Å². The molecule has 0 fully saturated rings. The fourth-order valence-electron chi connectivity index (χ4n) is 2.46. The van der Waals surface area contributed by atoms with Crippen LogP contribution in [0.25, 0.3) is 0 Å². The van der Waals surface area contributed by atoms with Crippen molar-refractivity contribution in [3.05, 3.63) is 46.4 Å². The molecule has 0 saturated carbocycles. The molecule has 1 aliphatic rings. The maximum absolute atomic E-state index is 13.9. The van der Waals surface area contributed by atoms with Gasteiger partial charge in [-0.25, -0.2) is 12.8 Å². The van der Waals surface area contributed by atoms with Gasteiger partial charge in [0.1, 0.15) is 11.6 Å². The van der Waals surface area contributed by atoms with Gasteiger partial charge in [-0.15, -0.1) is 0 Å². The Hall–Kier alpha value is -1.77. The summed E-state index contributed by atoms with van der Waals surface area (Å²) < 4.78 is 74.6. The van der Waals surface area contributed by atoms with Crippen LogP contribution < -0.4 is 11.1 Å². The lowest BCUT2D eigenvalue weighted by Crippen LogP contribution is -2.47. The molecule has 0 aliphatic carbocycles. The fraction of sp³-hybridized carbons (Fsp3) is 0.385. The number of allylic oxidation sites excluding steroid dienone is 1. The van der Waals surface area contributed by atoms with Crippen molar-refractivity contribution >= 4 is 9.84 Å². The van der Waals surface area contributed by atoms with Gasteiger partial charge in [-0.1, -0.05) is 18.2 Å². The van der Waals surface area contributed by atoms with Gasteiger partial charge in [0.25, 0.3) is 9.84 Å². The maximum atomic E-state index is 13.9. The highest BCUT2D eigenvalue weighted by atomic mass is 32.2. The third-order valence-electron chi connectivity index (χ3n) is 3.66. The van der Waals surface area contributed by atoms with Crippen LogP contribution in [-0.2, 0) is 15.4 Å². The second-order valence-corrected chi connectivity index (χ2v) is 7.19. The van der Waals surface area contributed by atoms with Crippen molar-refractivity contribution in [3.8, 4) is 0 Å². The van der Waals surface area contributed by atoms with Crippen molar-refractivity contribution < 1.29 is 26.0 Å². The molecule has 4 nitrogen and oxygen atoms in total. The Morgan fingerprint density at radius 3 is 2.36 bits per heavy atom. The van der Waals surface area contributed by atoms with E-state index >= 15 is 0 Å². The second-order valence-electron chi connectivity index (χ2n) is 5.22. The number of rotatable bonds is 2. The minimum atomic E-state index is -5.49. The van der Waals surface area contributed by atoms with Crippen LogP contribution in [0.4, 0.5) is 17.6 Å². The van der Waals surface area contributed by atoms with E-state index in [-0.39, 0.29) is 12.0 Å². The molecule has 1 atom stereocenters. The number of halogens is 4. The van der Waals surface area contributed by atoms with Crippen molar-refractivity contribution in [2.75, 3.05) is 0 Å². The number of sulfone groups is 1.